The fourth-order valence-corrected chi connectivity index (χ4v) is 4.40. The molecular weight excluding hydrogens is 448 g/mol. The molecule has 3 atom stereocenters. The van der Waals surface area contributed by atoms with Crippen LogP contribution >= 0.6 is 0 Å². The molecule has 1 aromatic heterocycles. The number of amides is 2. The van der Waals surface area contributed by atoms with E-state index in [0.29, 0.717) is 12.2 Å². The van der Waals surface area contributed by atoms with E-state index < -0.39 is 58.9 Å². The number of nitrogens with one attached hydrogen (secondary N) is 1. The average Bonchev–Trinajstić information content (AvgIpc) is 2.91. The van der Waals surface area contributed by atoms with Crippen molar-refractivity contribution in [2.45, 2.75) is 45.5 Å². The zero-order valence-corrected chi connectivity index (χ0v) is 19.0. The highest BCUT2D eigenvalue weighted by atomic mass is 19.1. The number of halogens is 2. The Hall–Kier alpha value is -3.53. The molecule has 2 aromatic rings. The maximum atomic E-state index is 14.1. The molecule has 0 spiro atoms. The van der Waals surface area contributed by atoms with Crippen molar-refractivity contribution >= 4 is 11.8 Å². The second-order valence-corrected chi connectivity index (χ2v) is 8.44. The Labute approximate surface area is 194 Å². The van der Waals surface area contributed by atoms with Crippen molar-refractivity contribution in [1.29, 1.82) is 0 Å². The van der Waals surface area contributed by atoms with Gasteiger partial charge in [-0.1, -0.05) is 12.2 Å². The number of aryl methyl sites for hydroxylation is 1. The van der Waals surface area contributed by atoms with Crippen LogP contribution in [0.25, 0.3) is 0 Å². The van der Waals surface area contributed by atoms with Gasteiger partial charge in [-0.2, -0.15) is 0 Å². The first-order valence-corrected chi connectivity index (χ1v) is 11.0. The van der Waals surface area contributed by atoms with E-state index in [1.165, 1.54) is 22.6 Å². The molecule has 3 heterocycles. The predicted octanol–water partition coefficient (Wildman–Crippen LogP) is 2.43. The summed E-state index contributed by atoms with van der Waals surface area (Å²) in [7, 11) is 0. The minimum atomic E-state index is -1.05. The normalized spacial score (nSPS) is 21.3. The first-order chi connectivity index (χ1) is 16.1. The lowest BCUT2D eigenvalue weighted by molar-refractivity contribution is 0.0295. The van der Waals surface area contributed by atoms with E-state index in [1.54, 1.807) is 0 Å². The van der Waals surface area contributed by atoms with Crippen molar-refractivity contribution < 1.29 is 28.2 Å². The van der Waals surface area contributed by atoms with Gasteiger partial charge in [-0.25, -0.2) is 8.78 Å². The zero-order chi connectivity index (χ0) is 24.7. The number of hydrogen-bond donors (Lipinski definition) is 2. The number of benzene rings is 1. The van der Waals surface area contributed by atoms with Crippen molar-refractivity contribution in [3.8, 4) is 5.75 Å². The van der Waals surface area contributed by atoms with Crippen LogP contribution in [-0.2, 0) is 11.3 Å². The van der Waals surface area contributed by atoms with Gasteiger partial charge in [0.1, 0.15) is 17.2 Å². The van der Waals surface area contributed by atoms with Crippen LogP contribution in [0.3, 0.4) is 0 Å². The molecule has 2 aliphatic rings. The Morgan fingerprint density at radius 3 is 2.56 bits per heavy atom. The number of rotatable bonds is 5. The molecule has 8 nitrogen and oxygen atoms in total. The highest BCUT2D eigenvalue weighted by molar-refractivity contribution is 5.99. The van der Waals surface area contributed by atoms with Crippen LogP contribution in [0.1, 0.15) is 51.9 Å². The van der Waals surface area contributed by atoms with Gasteiger partial charge in [-0.3, -0.25) is 14.4 Å². The van der Waals surface area contributed by atoms with Gasteiger partial charge in [-0.05, 0) is 38.5 Å². The lowest BCUT2D eigenvalue weighted by Gasteiger charge is -2.38. The third kappa shape index (κ3) is 3.98. The lowest BCUT2D eigenvalue weighted by atomic mass is 10.0. The van der Waals surface area contributed by atoms with Gasteiger partial charge in [0.2, 0.25) is 5.43 Å². The topological polar surface area (TPSA) is 101 Å². The van der Waals surface area contributed by atoms with E-state index >= 15 is 0 Å². The number of fused-ring (bicyclic) bond motifs is 4. The SMILES string of the molecule is CCO[C@H]1C=C[C@H](C)N2C[C@H]1n1cc(C(=O)NCc3c(F)cc(C)cc3F)c(=O)c(O)c1C2=O. The summed E-state index contributed by atoms with van der Waals surface area (Å²) in [6.45, 7) is 5.29. The van der Waals surface area contributed by atoms with Crippen LogP contribution in [0, 0.1) is 18.6 Å². The van der Waals surface area contributed by atoms with Crippen LogP contribution in [0.4, 0.5) is 8.78 Å². The molecular formula is C24H25F2N3O5. The summed E-state index contributed by atoms with van der Waals surface area (Å²) in [5.41, 5.74) is -1.69. The van der Waals surface area contributed by atoms with Crippen molar-refractivity contribution in [3.63, 3.8) is 0 Å². The molecule has 0 unspecified atom stereocenters. The van der Waals surface area contributed by atoms with Crippen LogP contribution in [-0.4, -0.2) is 51.7 Å². The summed E-state index contributed by atoms with van der Waals surface area (Å²) in [4.78, 5) is 40.2. The van der Waals surface area contributed by atoms with Crippen molar-refractivity contribution in [2.24, 2.45) is 0 Å². The van der Waals surface area contributed by atoms with Crippen LogP contribution in [0.5, 0.6) is 5.75 Å². The largest absolute Gasteiger partial charge is 0.503 e. The molecule has 0 saturated carbocycles. The van der Waals surface area contributed by atoms with Gasteiger partial charge in [0.15, 0.2) is 11.4 Å². The number of pyridine rings is 1. The Bertz CT molecular complexity index is 1230. The van der Waals surface area contributed by atoms with Gasteiger partial charge < -0.3 is 24.6 Å². The minimum absolute atomic E-state index is 0.228. The minimum Gasteiger partial charge on any atom is -0.503 e. The molecule has 4 rings (SSSR count). The van der Waals surface area contributed by atoms with E-state index in [9.17, 15) is 28.3 Å². The Morgan fingerprint density at radius 1 is 1.24 bits per heavy atom. The molecule has 34 heavy (non-hydrogen) atoms. The van der Waals surface area contributed by atoms with E-state index in [1.807, 2.05) is 26.0 Å². The number of carbonyl (C=O) groups excluding carboxylic acids is 2. The summed E-state index contributed by atoms with van der Waals surface area (Å²) in [6, 6.07) is 1.48. The Morgan fingerprint density at radius 2 is 1.91 bits per heavy atom. The number of aromatic nitrogens is 1. The lowest BCUT2D eigenvalue weighted by Crippen LogP contribution is -2.49. The second-order valence-electron chi connectivity index (χ2n) is 8.44. The predicted molar refractivity (Wildman–Crippen MR) is 119 cm³/mol. The summed E-state index contributed by atoms with van der Waals surface area (Å²) in [5.74, 6) is -3.99. The molecule has 0 fully saturated rings. The molecule has 1 aromatic carbocycles. The molecule has 0 aliphatic carbocycles. The number of hydrogen-bond acceptors (Lipinski definition) is 5. The summed E-state index contributed by atoms with van der Waals surface area (Å²) in [5, 5.41) is 13.0. The van der Waals surface area contributed by atoms with E-state index in [0.717, 1.165) is 12.1 Å². The van der Waals surface area contributed by atoms with Crippen molar-refractivity contribution in [3.05, 3.63) is 74.7 Å². The molecule has 2 N–H and O–H groups in total. The van der Waals surface area contributed by atoms with Crippen LogP contribution in [0.2, 0.25) is 0 Å². The molecule has 10 heteroatoms. The van der Waals surface area contributed by atoms with Crippen LogP contribution < -0.4 is 10.7 Å². The molecule has 0 saturated heterocycles. The van der Waals surface area contributed by atoms with Crippen LogP contribution in [0.15, 0.2) is 35.3 Å². The van der Waals surface area contributed by atoms with Gasteiger partial charge in [0.05, 0.1) is 12.1 Å². The molecule has 2 amide bonds. The summed E-state index contributed by atoms with van der Waals surface area (Å²) < 4.78 is 35.5. The van der Waals surface area contributed by atoms with E-state index in [4.69, 9.17) is 4.74 Å². The Balaban J connectivity index is 1.72. The number of aromatic hydroxyl groups is 1. The van der Waals surface area contributed by atoms with Crippen molar-refractivity contribution in [1.82, 2.24) is 14.8 Å². The maximum absolute atomic E-state index is 14.1. The smallest absolute Gasteiger partial charge is 0.275 e. The fraction of sp³-hybridized carbons (Fsp3) is 0.375. The highest BCUT2D eigenvalue weighted by Crippen LogP contribution is 2.33. The third-order valence-electron chi connectivity index (χ3n) is 6.18. The third-order valence-corrected chi connectivity index (χ3v) is 6.18. The molecule has 180 valence electrons. The van der Waals surface area contributed by atoms with Gasteiger partial charge in [-0.15, -0.1) is 0 Å². The number of nitrogens with zero attached hydrogens (tertiary/aromatic N) is 2. The van der Waals surface area contributed by atoms with Gasteiger partial charge >= 0.3 is 0 Å². The zero-order valence-electron chi connectivity index (χ0n) is 19.0. The summed E-state index contributed by atoms with van der Waals surface area (Å²) in [6.07, 6.45) is 4.36. The molecule has 2 aliphatic heterocycles. The molecule has 0 radical (unpaired) electrons. The summed E-state index contributed by atoms with van der Waals surface area (Å²) >= 11 is 0. The average molecular weight is 473 g/mol. The Kier molecular flexibility index (Phi) is 6.26. The van der Waals surface area contributed by atoms with E-state index in [-0.39, 0.29) is 23.8 Å². The van der Waals surface area contributed by atoms with E-state index in [2.05, 4.69) is 5.32 Å². The quantitative estimate of drug-likeness (QED) is 0.650. The van der Waals surface area contributed by atoms with Gasteiger partial charge in [0.25, 0.3) is 11.8 Å². The highest BCUT2D eigenvalue weighted by Gasteiger charge is 2.41. The maximum Gasteiger partial charge on any atom is 0.275 e. The second kappa shape index (κ2) is 9.02. The number of ether oxygens (including phenoxy) is 1. The standard InChI is InChI=1S/C24H25F2N3O5/c1-4-34-19-6-5-13(3)28-11-18(19)29-10-15(21(30)22(31)20(29)24(28)33)23(32)27-9-14-16(25)7-12(2)8-17(14)26/h5-8,10,13,18-19,31H,4,9,11H2,1-3H3,(H,27,32)/t13-,18+,19-/m0/s1. The first-order valence-electron chi connectivity index (χ1n) is 11.0. The first kappa shape index (κ1) is 23.6. The number of carbonyl (C=O) groups is 2. The molecule has 2 bridgehead atoms. The monoisotopic (exact) mass is 473 g/mol. The van der Waals surface area contributed by atoms with Crippen molar-refractivity contribution in [2.75, 3.05) is 13.2 Å². The fourth-order valence-electron chi connectivity index (χ4n) is 4.40. The van der Waals surface area contributed by atoms with Gasteiger partial charge in [0, 0.05) is 37.5 Å².